The van der Waals surface area contributed by atoms with Gasteiger partial charge in [-0.1, -0.05) is 45.0 Å². The molecule has 0 heterocycles. The highest BCUT2D eigenvalue weighted by molar-refractivity contribution is 5.33. The molecule has 2 heteroatoms. The third kappa shape index (κ3) is 3.57. The highest BCUT2D eigenvalue weighted by atomic mass is 19.1. The van der Waals surface area contributed by atoms with E-state index in [0.717, 1.165) is 16.9 Å². The summed E-state index contributed by atoms with van der Waals surface area (Å²) in [6.07, 6.45) is 0. The molecular weight excluding hydrogens is 239 g/mol. The van der Waals surface area contributed by atoms with Gasteiger partial charge in [0, 0.05) is 0 Å². The Morgan fingerprint density at radius 2 is 1.68 bits per heavy atom. The Bertz CT molecular complexity index is 541. The van der Waals surface area contributed by atoms with Crippen LogP contribution in [0.2, 0.25) is 0 Å². The minimum absolute atomic E-state index is 0.0247. The molecule has 2 rings (SSSR count). The van der Waals surface area contributed by atoms with Crippen LogP contribution in [0.3, 0.4) is 0 Å². The first kappa shape index (κ1) is 13.6. The van der Waals surface area contributed by atoms with Gasteiger partial charge in [0.05, 0.1) is 0 Å². The highest BCUT2D eigenvalue weighted by Crippen LogP contribution is 2.27. The molecule has 0 radical (unpaired) electrons. The van der Waals surface area contributed by atoms with Crippen LogP contribution in [0.15, 0.2) is 48.5 Å². The number of para-hydroxylation sites is 1. The third-order valence-electron chi connectivity index (χ3n) is 3.01. The second kappa shape index (κ2) is 5.43. The monoisotopic (exact) mass is 258 g/mol. The van der Waals surface area contributed by atoms with Crippen LogP contribution in [0.4, 0.5) is 4.39 Å². The van der Waals surface area contributed by atoms with E-state index in [2.05, 4.69) is 20.8 Å². The molecule has 2 aromatic rings. The quantitative estimate of drug-likeness (QED) is 0.775. The summed E-state index contributed by atoms with van der Waals surface area (Å²) in [5.41, 5.74) is 1.99. The fraction of sp³-hybridized carbons (Fsp3) is 0.294. The molecule has 0 aliphatic carbocycles. The Balaban J connectivity index is 2.22. The maximum absolute atomic E-state index is 13.4. The molecule has 100 valence electrons. The van der Waals surface area contributed by atoms with Crippen LogP contribution in [0.1, 0.15) is 31.9 Å². The van der Waals surface area contributed by atoms with E-state index < -0.39 is 0 Å². The molecule has 1 nitrogen and oxygen atoms in total. The van der Waals surface area contributed by atoms with Crippen molar-refractivity contribution in [3.05, 3.63) is 65.5 Å². The van der Waals surface area contributed by atoms with E-state index in [1.54, 1.807) is 6.07 Å². The van der Waals surface area contributed by atoms with E-state index in [1.165, 1.54) is 6.07 Å². The summed E-state index contributed by atoms with van der Waals surface area (Å²) in [7, 11) is 0. The summed E-state index contributed by atoms with van der Waals surface area (Å²) in [6, 6.07) is 14.5. The molecule has 0 aliphatic heterocycles. The molecule has 0 fully saturated rings. The molecule has 0 bridgehead atoms. The Hall–Kier alpha value is -1.83. The van der Waals surface area contributed by atoms with Crippen molar-refractivity contribution in [2.24, 2.45) is 0 Å². The predicted octanol–water partition coefficient (Wildman–Crippen LogP) is 4.70. The number of hydrogen-bond acceptors (Lipinski definition) is 1. The number of halogens is 1. The van der Waals surface area contributed by atoms with E-state index in [9.17, 15) is 4.39 Å². The molecular formula is C17H19FO. The third-order valence-corrected chi connectivity index (χ3v) is 3.01. The first-order valence-corrected chi connectivity index (χ1v) is 6.43. The van der Waals surface area contributed by atoms with Crippen LogP contribution in [0.25, 0.3) is 0 Å². The van der Waals surface area contributed by atoms with E-state index in [1.807, 2.05) is 36.4 Å². The molecule has 0 saturated heterocycles. The summed E-state index contributed by atoms with van der Waals surface area (Å²) in [5, 5.41) is 0. The average Bonchev–Trinajstić information content (AvgIpc) is 2.36. The molecule has 0 amide bonds. The van der Waals surface area contributed by atoms with Gasteiger partial charge in [-0.25, -0.2) is 4.39 Å². The first-order chi connectivity index (χ1) is 8.97. The Labute approximate surface area is 114 Å². The Morgan fingerprint density at radius 3 is 2.32 bits per heavy atom. The van der Waals surface area contributed by atoms with E-state index in [4.69, 9.17) is 4.74 Å². The van der Waals surface area contributed by atoms with Crippen LogP contribution < -0.4 is 4.74 Å². The van der Waals surface area contributed by atoms with Gasteiger partial charge in [-0.05, 0) is 40.8 Å². The summed E-state index contributed by atoms with van der Waals surface area (Å²) in [5.74, 6) is 0.575. The molecule has 2 aromatic carbocycles. The van der Waals surface area contributed by atoms with Crippen molar-refractivity contribution in [2.75, 3.05) is 0 Å². The minimum Gasteiger partial charge on any atom is -0.489 e. The van der Waals surface area contributed by atoms with Gasteiger partial charge in [0.1, 0.15) is 18.2 Å². The number of hydrogen-bond donors (Lipinski definition) is 0. The van der Waals surface area contributed by atoms with Crippen molar-refractivity contribution in [3.8, 4) is 5.75 Å². The Morgan fingerprint density at radius 1 is 1.00 bits per heavy atom. The van der Waals surface area contributed by atoms with Crippen LogP contribution in [0, 0.1) is 5.82 Å². The molecule has 19 heavy (non-hydrogen) atoms. The largest absolute Gasteiger partial charge is 0.489 e. The van der Waals surface area contributed by atoms with E-state index in [0.29, 0.717) is 6.61 Å². The van der Waals surface area contributed by atoms with Gasteiger partial charge in [-0.15, -0.1) is 0 Å². The summed E-state index contributed by atoms with van der Waals surface area (Å²) in [6.45, 7) is 6.74. The van der Waals surface area contributed by atoms with Crippen molar-refractivity contribution in [1.82, 2.24) is 0 Å². The number of ether oxygens (including phenoxy) is 1. The minimum atomic E-state index is -0.223. The summed E-state index contributed by atoms with van der Waals surface area (Å²) in [4.78, 5) is 0. The van der Waals surface area contributed by atoms with Crippen LogP contribution in [0.5, 0.6) is 5.75 Å². The van der Waals surface area contributed by atoms with Gasteiger partial charge in [-0.3, -0.25) is 0 Å². The zero-order valence-corrected chi connectivity index (χ0v) is 11.6. The van der Waals surface area contributed by atoms with Gasteiger partial charge >= 0.3 is 0 Å². The van der Waals surface area contributed by atoms with Crippen molar-refractivity contribution in [1.29, 1.82) is 0 Å². The Kier molecular flexibility index (Phi) is 3.89. The number of rotatable bonds is 3. The van der Waals surface area contributed by atoms with Gasteiger partial charge in [0.2, 0.25) is 0 Å². The molecule has 0 N–H and O–H groups in total. The number of benzene rings is 2. The maximum Gasteiger partial charge on any atom is 0.123 e. The van der Waals surface area contributed by atoms with Crippen molar-refractivity contribution >= 4 is 0 Å². The SMILES string of the molecule is CC(C)(C)c1ccc(F)cc1COc1ccccc1. The lowest BCUT2D eigenvalue weighted by molar-refractivity contribution is 0.302. The van der Waals surface area contributed by atoms with Gasteiger partial charge < -0.3 is 4.74 Å². The fourth-order valence-corrected chi connectivity index (χ4v) is 2.09. The standard InChI is InChI=1S/C17H19FO/c1-17(2,3)16-10-9-14(18)11-13(16)12-19-15-7-5-4-6-8-15/h4-11H,12H2,1-3H3. The van der Waals surface area contributed by atoms with Gasteiger partial charge in [-0.2, -0.15) is 0 Å². The molecule has 0 atom stereocenters. The lowest BCUT2D eigenvalue weighted by Gasteiger charge is -2.23. The summed E-state index contributed by atoms with van der Waals surface area (Å²) >= 11 is 0. The predicted molar refractivity (Wildman–Crippen MR) is 75.9 cm³/mol. The van der Waals surface area contributed by atoms with Crippen molar-refractivity contribution < 1.29 is 9.13 Å². The van der Waals surface area contributed by atoms with Crippen LogP contribution in [-0.4, -0.2) is 0 Å². The van der Waals surface area contributed by atoms with Crippen LogP contribution in [-0.2, 0) is 12.0 Å². The first-order valence-electron chi connectivity index (χ1n) is 6.43. The molecule has 0 unspecified atom stereocenters. The van der Waals surface area contributed by atoms with E-state index in [-0.39, 0.29) is 11.2 Å². The second-order valence-corrected chi connectivity index (χ2v) is 5.65. The molecule has 0 spiro atoms. The summed E-state index contributed by atoms with van der Waals surface area (Å²) < 4.78 is 19.1. The van der Waals surface area contributed by atoms with Crippen LogP contribution >= 0.6 is 0 Å². The van der Waals surface area contributed by atoms with Gasteiger partial charge in [0.25, 0.3) is 0 Å². The lowest BCUT2D eigenvalue weighted by Crippen LogP contribution is -2.15. The zero-order chi connectivity index (χ0) is 13.9. The normalized spacial score (nSPS) is 11.4. The molecule has 0 saturated carbocycles. The van der Waals surface area contributed by atoms with E-state index >= 15 is 0 Å². The van der Waals surface area contributed by atoms with Crippen molar-refractivity contribution in [2.45, 2.75) is 32.8 Å². The smallest absolute Gasteiger partial charge is 0.123 e. The van der Waals surface area contributed by atoms with Gasteiger partial charge in [0.15, 0.2) is 0 Å². The second-order valence-electron chi connectivity index (χ2n) is 5.65. The van der Waals surface area contributed by atoms with Crippen molar-refractivity contribution in [3.63, 3.8) is 0 Å². The maximum atomic E-state index is 13.4. The molecule has 0 aliphatic rings. The highest BCUT2D eigenvalue weighted by Gasteiger charge is 2.18. The lowest BCUT2D eigenvalue weighted by atomic mass is 9.84. The zero-order valence-electron chi connectivity index (χ0n) is 11.6. The topological polar surface area (TPSA) is 9.23 Å². The molecule has 0 aromatic heterocycles. The fourth-order valence-electron chi connectivity index (χ4n) is 2.09. The average molecular weight is 258 g/mol.